The van der Waals surface area contributed by atoms with E-state index in [2.05, 4.69) is 10.6 Å². The summed E-state index contributed by atoms with van der Waals surface area (Å²) in [5.74, 6) is 0.0796. The molecule has 2 aliphatic heterocycles. The summed E-state index contributed by atoms with van der Waals surface area (Å²) in [4.78, 5) is 11.7. The maximum atomic E-state index is 11.7. The van der Waals surface area contributed by atoms with Gasteiger partial charge in [-0.1, -0.05) is 0 Å². The number of hydrogen-bond donors (Lipinski definition) is 2. The van der Waals surface area contributed by atoms with Crippen LogP contribution in [0.4, 0.5) is 0 Å². The van der Waals surface area contributed by atoms with Crippen molar-refractivity contribution in [2.24, 2.45) is 0 Å². The minimum atomic E-state index is 0.0796. The molecule has 5 nitrogen and oxygen atoms in total. The Morgan fingerprint density at radius 1 is 1.24 bits per heavy atom. The molecule has 2 fully saturated rings. The Labute approximate surface area is 102 Å². The summed E-state index contributed by atoms with van der Waals surface area (Å²) < 4.78 is 10.7. The highest BCUT2D eigenvalue weighted by molar-refractivity contribution is 5.78. The van der Waals surface area contributed by atoms with E-state index in [0.717, 1.165) is 39.1 Å². The molecule has 0 radical (unpaired) electrons. The summed E-state index contributed by atoms with van der Waals surface area (Å²) in [5.41, 5.74) is 0. The van der Waals surface area contributed by atoms with Crippen LogP contribution in [0.15, 0.2) is 0 Å². The summed E-state index contributed by atoms with van der Waals surface area (Å²) in [6.07, 6.45) is 3.06. The molecule has 2 aliphatic rings. The van der Waals surface area contributed by atoms with E-state index >= 15 is 0 Å². The van der Waals surface area contributed by atoms with Crippen LogP contribution in [0.5, 0.6) is 0 Å². The highest BCUT2D eigenvalue weighted by Gasteiger charge is 2.24. The lowest BCUT2D eigenvalue weighted by molar-refractivity contribution is -0.121. The second-order valence-corrected chi connectivity index (χ2v) is 4.81. The van der Waals surface area contributed by atoms with Gasteiger partial charge in [0.15, 0.2) is 0 Å². The van der Waals surface area contributed by atoms with Gasteiger partial charge < -0.3 is 20.1 Å². The Hall–Kier alpha value is -0.650. The zero-order chi connectivity index (χ0) is 12.1. The van der Waals surface area contributed by atoms with Crippen molar-refractivity contribution in [2.75, 3.05) is 26.4 Å². The van der Waals surface area contributed by atoms with Gasteiger partial charge >= 0.3 is 0 Å². The van der Waals surface area contributed by atoms with Crippen LogP contribution in [-0.2, 0) is 14.3 Å². The van der Waals surface area contributed by atoms with Crippen molar-refractivity contribution in [1.82, 2.24) is 10.6 Å². The van der Waals surface area contributed by atoms with Crippen molar-refractivity contribution in [3.63, 3.8) is 0 Å². The van der Waals surface area contributed by atoms with E-state index in [1.54, 1.807) is 0 Å². The van der Waals surface area contributed by atoms with Crippen LogP contribution in [0.3, 0.4) is 0 Å². The number of ether oxygens (including phenoxy) is 2. The van der Waals surface area contributed by atoms with Crippen molar-refractivity contribution < 1.29 is 14.3 Å². The molecule has 2 saturated heterocycles. The predicted molar refractivity (Wildman–Crippen MR) is 63.8 cm³/mol. The molecule has 0 aromatic rings. The minimum absolute atomic E-state index is 0.0796. The van der Waals surface area contributed by atoms with Crippen molar-refractivity contribution in [1.29, 1.82) is 0 Å². The van der Waals surface area contributed by atoms with Crippen molar-refractivity contribution >= 4 is 5.91 Å². The molecule has 0 saturated carbocycles. The fourth-order valence-electron chi connectivity index (χ4n) is 2.34. The SMILES string of the molecule is CC1OCCC1NCC(=O)NC1CCOCC1. The molecule has 2 atom stereocenters. The molecule has 2 unspecified atom stereocenters. The molecule has 0 aromatic heterocycles. The third-order valence-electron chi connectivity index (χ3n) is 3.49. The largest absolute Gasteiger partial charge is 0.381 e. The first-order chi connectivity index (χ1) is 8.25. The van der Waals surface area contributed by atoms with Gasteiger partial charge in [0, 0.05) is 31.9 Å². The Morgan fingerprint density at radius 3 is 2.65 bits per heavy atom. The molecule has 2 rings (SSSR count). The summed E-state index contributed by atoms with van der Waals surface area (Å²) in [7, 11) is 0. The summed E-state index contributed by atoms with van der Waals surface area (Å²) in [6, 6.07) is 0.603. The van der Waals surface area contributed by atoms with E-state index < -0.39 is 0 Å². The minimum Gasteiger partial charge on any atom is -0.381 e. The van der Waals surface area contributed by atoms with Gasteiger partial charge in [-0.15, -0.1) is 0 Å². The number of carbonyl (C=O) groups is 1. The molecule has 5 heteroatoms. The number of nitrogens with one attached hydrogen (secondary N) is 2. The predicted octanol–water partition coefficient (Wildman–Crippen LogP) is 0.0486. The molecule has 0 bridgehead atoms. The summed E-state index contributed by atoms with van der Waals surface area (Å²) in [6.45, 7) is 4.73. The normalized spacial score (nSPS) is 30.4. The van der Waals surface area contributed by atoms with Crippen molar-refractivity contribution in [3.05, 3.63) is 0 Å². The van der Waals surface area contributed by atoms with Crippen molar-refractivity contribution in [2.45, 2.75) is 44.4 Å². The quantitative estimate of drug-likeness (QED) is 0.731. The van der Waals surface area contributed by atoms with Gasteiger partial charge in [0.05, 0.1) is 12.6 Å². The first-order valence-corrected chi connectivity index (χ1v) is 6.48. The maximum absolute atomic E-state index is 11.7. The molecule has 0 spiro atoms. The zero-order valence-corrected chi connectivity index (χ0v) is 10.4. The van der Waals surface area contributed by atoms with Gasteiger partial charge in [-0.2, -0.15) is 0 Å². The monoisotopic (exact) mass is 242 g/mol. The Kier molecular flexibility index (Phi) is 4.76. The molecule has 0 aliphatic carbocycles. The smallest absolute Gasteiger partial charge is 0.234 e. The molecule has 2 N–H and O–H groups in total. The molecule has 2 heterocycles. The number of hydrogen-bond acceptors (Lipinski definition) is 4. The molecular formula is C12H22N2O3. The lowest BCUT2D eigenvalue weighted by Gasteiger charge is -2.23. The molecule has 0 aromatic carbocycles. The van der Waals surface area contributed by atoms with Crippen LogP contribution in [0.25, 0.3) is 0 Å². The van der Waals surface area contributed by atoms with Gasteiger partial charge in [-0.25, -0.2) is 0 Å². The van der Waals surface area contributed by atoms with Crippen LogP contribution in [0.1, 0.15) is 26.2 Å². The summed E-state index contributed by atoms with van der Waals surface area (Å²) in [5, 5.41) is 6.29. The Morgan fingerprint density at radius 2 is 2.00 bits per heavy atom. The highest BCUT2D eigenvalue weighted by Crippen LogP contribution is 2.12. The average Bonchev–Trinajstić information content (AvgIpc) is 2.74. The number of amides is 1. The van der Waals surface area contributed by atoms with Gasteiger partial charge in [0.2, 0.25) is 5.91 Å². The van der Waals surface area contributed by atoms with Crippen LogP contribution >= 0.6 is 0 Å². The van der Waals surface area contributed by atoms with Gasteiger partial charge in [0.25, 0.3) is 0 Å². The molecule has 1 amide bonds. The van der Waals surface area contributed by atoms with Gasteiger partial charge in [0.1, 0.15) is 0 Å². The molecule has 98 valence electrons. The lowest BCUT2D eigenvalue weighted by Crippen LogP contribution is -2.46. The topological polar surface area (TPSA) is 59.6 Å². The number of carbonyl (C=O) groups excluding carboxylic acids is 1. The standard InChI is InChI=1S/C12H22N2O3/c1-9-11(4-7-17-9)13-8-12(15)14-10-2-5-16-6-3-10/h9-11,13H,2-8H2,1H3,(H,14,15). The Bertz CT molecular complexity index is 254. The van der Waals surface area contributed by atoms with E-state index in [1.807, 2.05) is 6.92 Å². The first kappa shape index (κ1) is 12.8. The number of rotatable bonds is 4. The second kappa shape index (κ2) is 6.33. The first-order valence-electron chi connectivity index (χ1n) is 6.48. The zero-order valence-electron chi connectivity index (χ0n) is 10.4. The molecule has 17 heavy (non-hydrogen) atoms. The Balaban J connectivity index is 1.63. The lowest BCUT2D eigenvalue weighted by atomic mass is 10.1. The van der Waals surface area contributed by atoms with Gasteiger partial charge in [-0.3, -0.25) is 4.79 Å². The van der Waals surface area contributed by atoms with E-state index in [-0.39, 0.29) is 18.1 Å². The van der Waals surface area contributed by atoms with E-state index in [0.29, 0.717) is 12.6 Å². The van der Waals surface area contributed by atoms with Crippen LogP contribution in [0.2, 0.25) is 0 Å². The van der Waals surface area contributed by atoms with E-state index in [4.69, 9.17) is 9.47 Å². The third kappa shape index (κ3) is 3.94. The van der Waals surface area contributed by atoms with E-state index in [1.165, 1.54) is 0 Å². The van der Waals surface area contributed by atoms with Crippen LogP contribution in [-0.4, -0.2) is 50.5 Å². The van der Waals surface area contributed by atoms with Gasteiger partial charge in [-0.05, 0) is 26.2 Å². The highest BCUT2D eigenvalue weighted by atomic mass is 16.5. The summed E-state index contributed by atoms with van der Waals surface area (Å²) >= 11 is 0. The fourth-order valence-corrected chi connectivity index (χ4v) is 2.34. The maximum Gasteiger partial charge on any atom is 0.234 e. The van der Waals surface area contributed by atoms with E-state index in [9.17, 15) is 4.79 Å². The fraction of sp³-hybridized carbons (Fsp3) is 0.917. The second-order valence-electron chi connectivity index (χ2n) is 4.81. The third-order valence-corrected chi connectivity index (χ3v) is 3.49. The van der Waals surface area contributed by atoms with Crippen LogP contribution < -0.4 is 10.6 Å². The van der Waals surface area contributed by atoms with Crippen molar-refractivity contribution in [3.8, 4) is 0 Å². The molecular weight excluding hydrogens is 220 g/mol. The average molecular weight is 242 g/mol. The van der Waals surface area contributed by atoms with Crippen LogP contribution in [0, 0.1) is 0 Å².